The summed E-state index contributed by atoms with van der Waals surface area (Å²) in [6.45, 7) is 10.4. The molecule has 2 heterocycles. The summed E-state index contributed by atoms with van der Waals surface area (Å²) < 4.78 is 5.52. The number of ether oxygens (including phenoxy) is 1. The van der Waals surface area contributed by atoms with E-state index in [0.717, 1.165) is 19.1 Å². The lowest BCUT2D eigenvalue weighted by Crippen LogP contribution is -2.47. The molecule has 0 saturated carbocycles. The zero-order valence-corrected chi connectivity index (χ0v) is 12.2. The van der Waals surface area contributed by atoms with Crippen LogP contribution in [0.2, 0.25) is 0 Å². The van der Waals surface area contributed by atoms with Gasteiger partial charge in [0, 0.05) is 25.2 Å². The van der Waals surface area contributed by atoms with Crippen molar-refractivity contribution in [3.8, 4) is 0 Å². The van der Waals surface area contributed by atoms with Crippen LogP contribution in [0.25, 0.3) is 0 Å². The Labute approximate surface area is 112 Å². The minimum absolute atomic E-state index is 0.605. The minimum Gasteiger partial charge on any atom is -0.381 e. The predicted octanol–water partition coefficient (Wildman–Crippen LogP) is 2.27. The molecule has 0 aliphatic carbocycles. The van der Waals surface area contributed by atoms with Crippen LogP contribution in [0.3, 0.4) is 0 Å². The van der Waals surface area contributed by atoms with Crippen molar-refractivity contribution in [2.75, 3.05) is 32.8 Å². The first-order valence-electron chi connectivity index (χ1n) is 7.85. The molecule has 2 rings (SSSR count). The van der Waals surface area contributed by atoms with Crippen LogP contribution >= 0.6 is 0 Å². The molecule has 18 heavy (non-hydrogen) atoms. The molecule has 0 bridgehead atoms. The van der Waals surface area contributed by atoms with E-state index in [2.05, 4.69) is 24.1 Å². The monoisotopic (exact) mass is 254 g/mol. The fourth-order valence-corrected chi connectivity index (χ4v) is 3.40. The fraction of sp³-hybridized carbons (Fsp3) is 1.00. The van der Waals surface area contributed by atoms with Crippen LogP contribution in [0.5, 0.6) is 0 Å². The summed E-state index contributed by atoms with van der Waals surface area (Å²) in [6, 6.07) is 1.25. The lowest BCUT2D eigenvalue weighted by Gasteiger charge is -2.32. The maximum Gasteiger partial charge on any atom is 0.0510 e. The summed E-state index contributed by atoms with van der Waals surface area (Å²) in [5.74, 6) is 0.735. The molecule has 0 aromatic heterocycles. The van der Waals surface area contributed by atoms with Crippen molar-refractivity contribution in [3.63, 3.8) is 0 Å². The van der Waals surface area contributed by atoms with Crippen molar-refractivity contribution < 1.29 is 4.74 Å². The smallest absolute Gasteiger partial charge is 0.0510 e. The second kappa shape index (κ2) is 7.46. The first-order chi connectivity index (χ1) is 8.79. The van der Waals surface area contributed by atoms with Gasteiger partial charge in [0.1, 0.15) is 0 Å². The fourth-order valence-electron chi connectivity index (χ4n) is 3.40. The van der Waals surface area contributed by atoms with E-state index in [-0.39, 0.29) is 0 Å². The summed E-state index contributed by atoms with van der Waals surface area (Å²) in [6.07, 6.45) is 6.66. The van der Waals surface area contributed by atoms with E-state index < -0.39 is 0 Å². The molecule has 1 N–H and O–H groups in total. The van der Waals surface area contributed by atoms with Crippen molar-refractivity contribution in [1.29, 1.82) is 0 Å². The number of hydrogen-bond acceptors (Lipinski definition) is 3. The zero-order chi connectivity index (χ0) is 12.8. The van der Waals surface area contributed by atoms with Gasteiger partial charge in [0.05, 0.1) is 6.61 Å². The summed E-state index contributed by atoms with van der Waals surface area (Å²) in [5.41, 5.74) is 0. The highest BCUT2D eigenvalue weighted by Gasteiger charge is 2.25. The molecule has 2 saturated heterocycles. The van der Waals surface area contributed by atoms with Crippen molar-refractivity contribution >= 4 is 0 Å². The molecule has 3 unspecified atom stereocenters. The molecule has 3 atom stereocenters. The molecule has 2 fully saturated rings. The molecule has 0 aromatic carbocycles. The van der Waals surface area contributed by atoms with E-state index in [0.29, 0.717) is 12.1 Å². The Bertz CT molecular complexity index is 223. The van der Waals surface area contributed by atoms with Crippen molar-refractivity contribution in [2.24, 2.45) is 5.92 Å². The number of nitrogens with one attached hydrogen (secondary N) is 1. The van der Waals surface area contributed by atoms with Crippen LogP contribution in [0, 0.1) is 5.92 Å². The van der Waals surface area contributed by atoms with E-state index in [1.165, 1.54) is 51.7 Å². The second-order valence-electron chi connectivity index (χ2n) is 6.07. The molecular weight excluding hydrogens is 224 g/mol. The molecule has 3 heteroatoms. The highest BCUT2D eigenvalue weighted by atomic mass is 16.5. The van der Waals surface area contributed by atoms with Gasteiger partial charge in [-0.1, -0.05) is 13.3 Å². The third-order valence-electron chi connectivity index (χ3n) is 4.45. The SMILES string of the molecule is CCC(NC(C)CN1CCCCC1)C1CCOC1. The Balaban J connectivity index is 1.72. The van der Waals surface area contributed by atoms with E-state index in [4.69, 9.17) is 4.74 Å². The highest BCUT2D eigenvalue weighted by molar-refractivity contribution is 4.82. The summed E-state index contributed by atoms with van der Waals surface area (Å²) in [7, 11) is 0. The van der Waals surface area contributed by atoms with Crippen LogP contribution in [0.15, 0.2) is 0 Å². The maximum atomic E-state index is 5.52. The summed E-state index contributed by atoms with van der Waals surface area (Å²) >= 11 is 0. The molecule has 3 nitrogen and oxygen atoms in total. The van der Waals surface area contributed by atoms with Crippen LogP contribution in [0.1, 0.15) is 46.0 Å². The Morgan fingerprint density at radius 1 is 1.28 bits per heavy atom. The van der Waals surface area contributed by atoms with Gasteiger partial charge in [0.15, 0.2) is 0 Å². The molecule has 106 valence electrons. The van der Waals surface area contributed by atoms with Gasteiger partial charge in [0.25, 0.3) is 0 Å². The van der Waals surface area contributed by atoms with Crippen LogP contribution in [-0.2, 0) is 4.74 Å². The third kappa shape index (κ3) is 4.22. The van der Waals surface area contributed by atoms with E-state index in [1.807, 2.05) is 0 Å². The van der Waals surface area contributed by atoms with Crippen molar-refractivity contribution in [1.82, 2.24) is 10.2 Å². The Morgan fingerprint density at radius 2 is 2.06 bits per heavy atom. The van der Waals surface area contributed by atoms with Gasteiger partial charge < -0.3 is 15.0 Å². The quantitative estimate of drug-likeness (QED) is 0.787. The van der Waals surface area contributed by atoms with Gasteiger partial charge >= 0.3 is 0 Å². The molecule has 0 amide bonds. The summed E-state index contributed by atoms with van der Waals surface area (Å²) in [5, 5.41) is 3.83. The van der Waals surface area contributed by atoms with Gasteiger partial charge in [-0.3, -0.25) is 0 Å². The number of piperidine rings is 1. The first-order valence-corrected chi connectivity index (χ1v) is 7.85. The third-order valence-corrected chi connectivity index (χ3v) is 4.45. The molecule has 0 aromatic rings. The van der Waals surface area contributed by atoms with E-state index >= 15 is 0 Å². The Morgan fingerprint density at radius 3 is 2.67 bits per heavy atom. The van der Waals surface area contributed by atoms with Gasteiger partial charge in [-0.05, 0) is 51.6 Å². The van der Waals surface area contributed by atoms with Crippen LogP contribution in [-0.4, -0.2) is 49.8 Å². The number of likely N-dealkylation sites (tertiary alicyclic amines) is 1. The van der Waals surface area contributed by atoms with Crippen LogP contribution in [0.4, 0.5) is 0 Å². The molecule has 2 aliphatic heterocycles. The van der Waals surface area contributed by atoms with Crippen LogP contribution < -0.4 is 5.32 Å². The number of rotatable bonds is 6. The average molecular weight is 254 g/mol. The van der Waals surface area contributed by atoms with E-state index in [9.17, 15) is 0 Å². The normalized spacial score (nSPS) is 29.3. The second-order valence-corrected chi connectivity index (χ2v) is 6.07. The topological polar surface area (TPSA) is 24.5 Å². The Kier molecular flexibility index (Phi) is 5.93. The zero-order valence-electron chi connectivity index (χ0n) is 12.2. The first kappa shape index (κ1) is 14.3. The largest absolute Gasteiger partial charge is 0.381 e. The van der Waals surface area contributed by atoms with Gasteiger partial charge in [-0.2, -0.15) is 0 Å². The minimum atomic E-state index is 0.605. The molecule has 0 spiro atoms. The average Bonchev–Trinajstić information content (AvgIpc) is 2.91. The lowest BCUT2D eigenvalue weighted by molar-refractivity contribution is 0.166. The Hall–Kier alpha value is -0.120. The number of hydrogen-bond donors (Lipinski definition) is 1. The lowest BCUT2D eigenvalue weighted by atomic mass is 9.96. The van der Waals surface area contributed by atoms with Gasteiger partial charge in [-0.25, -0.2) is 0 Å². The standard InChI is InChI=1S/C15H30N2O/c1-3-15(14-7-10-18-12-14)16-13(2)11-17-8-5-4-6-9-17/h13-16H,3-12H2,1-2H3. The van der Waals surface area contributed by atoms with E-state index in [1.54, 1.807) is 0 Å². The van der Waals surface area contributed by atoms with Crippen molar-refractivity contribution in [2.45, 2.75) is 58.0 Å². The molecule has 0 radical (unpaired) electrons. The molecule has 2 aliphatic rings. The highest BCUT2D eigenvalue weighted by Crippen LogP contribution is 2.19. The molecular formula is C15H30N2O. The predicted molar refractivity (Wildman–Crippen MR) is 75.9 cm³/mol. The van der Waals surface area contributed by atoms with Gasteiger partial charge in [0.2, 0.25) is 0 Å². The summed E-state index contributed by atoms with van der Waals surface area (Å²) in [4.78, 5) is 2.62. The van der Waals surface area contributed by atoms with Crippen molar-refractivity contribution in [3.05, 3.63) is 0 Å². The number of nitrogens with zero attached hydrogens (tertiary/aromatic N) is 1. The maximum absolute atomic E-state index is 5.52. The van der Waals surface area contributed by atoms with Gasteiger partial charge in [-0.15, -0.1) is 0 Å².